The lowest BCUT2D eigenvalue weighted by Crippen LogP contribution is -2.30. The van der Waals surface area contributed by atoms with Crippen molar-refractivity contribution in [2.45, 2.75) is 19.8 Å². The lowest BCUT2D eigenvalue weighted by molar-refractivity contribution is -0.141. The van der Waals surface area contributed by atoms with E-state index in [2.05, 4.69) is 0 Å². The van der Waals surface area contributed by atoms with E-state index < -0.39 is 16.0 Å². The van der Waals surface area contributed by atoms with Crippen molar-refractivity contribution in [3.8, 4) is 0 Å². The third-order valence-corrected chi connectivity index (χ3v) is 7.31. The topological polar surface area (TPSA) is 80.8 Å². The molecule has 0 saturated carbocycles. The SMILES string of the molecule is CCS(=O)(=O)N1CCc2cc(C(=O)COC(=O)Cc3cccc4ccccc34)ccc21. The number of fused-ring (bicyclic) bond motifs is 2. The first kappa shape index (κ1) is 21.1. The Labute approximate surface area is 181 Å². The summed E-state index contributed by atoms with van der Waals surface area (Å²) in [5, 5.41) is 2.03. The molecule has 0 fully saturated rings. The van der Waals surface area contributed by atoms with Gasteiger partial charge < -0.3 is 4.74 Å². The average molecular weight is 438 g/mol. The molecule has 3 aromatic rings. The summed E-state index contributed by atoms with van der Waals surface area (Å²) in [5.74, 6) is -0.753. The lowest BCUT2D eigenvalue weighted by Gasteiger charge is -2.18. The van der Waals surface area contributed by atoms with Crippen molar-refractivity contribution in [3.63, 3.8) is 0 Å². The van der Waals surface area contributed by atoms with Gasteiger partial charge in [-0.15, -0.1) is 0 Å². The first-order valence-corrected chi connectivity index (χ1v) is 11.8. The number of ether oxygens (including phenoxy) is 1. The van der Waals surface area contributed by atoms with Crippen molar-refractivity contribution in [1.29, 1.82) is 0 Å². The number of sulfonamides is 1. The fourth-order valence-corrected chi connectivity index (χ4v) is 5.03. The van der Waals surface area contributed by atoms with Crippen LogP contribution in [0.2, 0.25) is 0 Å². The molecule has 0 atom stereocenters. The number of nitrogens with zero attached hydrogens (tertiary/aromatic N) is 1. The number of rotatable bonds is 7. The van der Waals surface area contributed by atoms with Crippen LogP contribution in [0.4, 0.5) is 5.69 Å². The number of Topliss-reactive ketones (excluding diaryl/α,β-unsaturated/α-hetero) is 1. The Morgan fingerprint density at radius 3 is 2.61 bits per heavy atom. The van der Waals surface area contributed by atoms with Crippen molar-refractivity contribution < 1.29 is 22.7 Å². The second kappa shape index (κ2) is 8.51. The fourth-order valence-electron chi connectivity index (χ4n) is 3.87. The minimum absolute atomic E-state index is 0.0276. The van der Waals surface area contributed by atoms with Crippen molar-refractivity contribution in [2.75, 3.05) is 23.2 Å². The van der Waals surface area contributed by atoms with E-state index in [0.29, 0.717) is 24.2 Å². The van der Waals surface area contributed by atoms with Gasteiger partial charge in [0.15, 0.2) is 12.4 Å². The molecule has 0 bridgehead atoms. The fraction of sp³-hybridized carbons (Fsp3) is 0.250. The molecule has 1 aliphatic rings. The molecular weight excluding hydrogens is 414 g/mol. The molecule has 1 aliphatic heterocycles. The quantitative estimate of drug-likeness (QED) is 0.417. The summed E-state index contributed by atoms with van der Waals surface area (Å²) in [7, 11) is -3.33. The Balaban J connectivity index is 1.41. The lowest BCUT2D eigenvalue weighted by atomic mass is 10.0. The highest BCUT2D eigenvalue weighted by molar-refractivity contribution is 7.92. The Morgan fingerprint density at radius 2 is 1.81 bits per heavy atom. The molecule has 0 unspecified atom stereocenters. The summed E-state index contributed by atoms with van der Waals surface area (Å²) in [6.07, 6.45) is 0.638. The van der Waals surface area contributed by atoms with Crippen molar-refractivity contribution in [3.05, 3.63) is 77.4 Å². The number of carbonyl (C=O) groups is 2. The summed E-state index contributed by atoms with van der Waals surface area (Å²) in [6, 6.07) is 18.5. The minimum atomic E-state index is -3.33. The first-order valence-electron chi connectivity index (χ1n) is 10.2. The van der Waals surface area contributed by atoms with Crippen LogP contribution in [0.5, 0.6) is 0 Å². The van der Waals surface area contributed by atoms with Crippen LogP contribution in [0.25, 0.3) is 10.8 Å². The zero-order valence-electron chi connectivity index (χ0n) is 17.2. The number of hydrogen-bond acceptors (Lipinski definition) is 5. The zero-order valence-corrected chi connectivity index (χ0v) is 18.0. The molecule has 4 rings (SSSR count). The Kier molecular flexibility index (Phi) is 5.78. The number of benzene rings is 3. The van der Waals surface area contributed by atoms with Crippen LogP contribution < -0.4 is 4.31 Å². The predicted octanol–water partition coefficient (Wildman–Crippen LogP) is 3.52. The molecular formula is C24H23NO5S. The van der Waals surface area contributed by atoms with E-state index in [-0.39, 0.29) is 24.6 Å². The highest BCUT2D eigenvalue weighted by Crippen LogP contribution is 2.31. The number of esters is 1. The van der Waals surface area contributed by atoms with E-state index in [1.807, 2.05) is 42.5 Å². The van der Waals surface area contributed by atoms with Crippen LogP contribution in [0, 0.1) is 0 Å². The van der Waals surface area contributed by atoms with E-state index in [1.54, 1.807) is 25.1 Å². The maximum atomic E-state index is 12.5. The molecule has 0 radical (unpaired) electrons. The number of hydrogen-bond donors (Lipinski definition) is 0. The maximum Gasteiger partial charge on any atom is 0.310 e. The van der Waals surface area contributed by atoms with Crippen molar-refractivity contribution >= 4 is 38.2 Å². The Bertz CT molecular complexity index is 1260. The van der Waals surface area contributed by atoms with Gasteiger partial charge in [0.1, 0.15) is 0 Å². The van der Waals surface area contributed by atoms with Crippen LogP contribution in [-0.4, -0.2) is 39.1 Å². The summed E-state index contributed by atoms with van der Waals surface area (Å²) >= 11 is 0. The van der Waals surface area contributed by atoms with E-state index in [9.17, 15) is 18.0 Å². The minimum Gasteiger partial charge on any atom is -0.457 e. The van der Waals surface area contributed by atoms with E-state index in [4.69, 9.17) is 4.74 Å². The largest absolute Gasteiger partial charge is 0.457 e. The summed E-state index contributed by atoms with van der Waals surface area (Å²) in [5.41, 5.74) is 2.69. The summed E-state index contributed by atoms with van der Waals surface area (Å²) in [6.45, 7) is 1.64. The molecule has 6 nitrogen and oxygen atoms in total. The molecule has 1 heterocycles. The molecule has 3 aromatic carbocycles. The molecule has 31 heavy (non-hydrogen) atoms. The van der Waals surface area contributed by atoms with E-state index in [0.717, 1.165) is 21.9 Å². The van der Waals surface area contributed by atoms with Gasteiger partial charge in [0.25, 0.3) is 0 Å². The molecule has 0 aromatic heterocycles. The second-order valence-electron chi connectivity index (χ2n) is 7.47. The monoisotopic (exact) mass is 437 g/mol. The normalized spacial score (nSPS) is 13.3. The highest BCUT2D eigenvalue weighted by atomic mass is 32.2. The highest BCUT2D eigenvalue weighted by Gasteiger charge is 2.28. The summed E-state index contributed by atoms with van der Waals surface area (Å²) in [4.78, 5) is 24.9. The van der Waals surface area contributed by atoms with Gasteiger partial charge in [-0.2, -0.15) is 0 Å². The van der Waals surface area contributed by atoms with Crippen LogP contribution in [0.1, 0.15) is 28.4 Å². The van der Waals surface area contributed by atoms with Gasteiger partial charge in [-0.05, 0) is 53.4 Å². The van der Waals surface area contributed by atoms with Crippen LogP contribution in [0.3, 0.4) is 0 Å². The van der Waals surface area contributed by atoms with Gasteiger partial charge in [-0.25, -0.2) is 8.42 Å². The van der Waals surface area contributed by atoms with E-state index >= 15 is 0 Å². The van der Waals surface area contributed by atoms with Crippen molar-refractivity contribution in [1.82, 2.24) is 0 Å². The molecule has 7 heteroatoms. The molecule has 0 spiro atoms. The Morgan fingerprint density at radius 1 is 1.03 bits per heavy atom. The van der Waals surface area contributed by atoms with Gasteiger partial charge in [-0.3, -0.25) is 13.9 Å². The van der Waals surface area contributed by atoms with Gasteiger partial charge in [0, 0.05) is 12.1 Å². The van der Waals surface area contributed by atoms with E-state index in [1.165, 1.54) is 4.31 Å². The second-order valence-corrected chi connectivity index (χ2v) is 9.65. The number of ketones is 1. The smallest absolute Gasteiger partial charge is 0.310 e. The molecule has 160 valence electrons. The van der Waals surface area contributed by atoms with Gasteiger partial charge in [0.2, 0.25) is 10.0 Å². The molecule has 0 saturated heterocycles. The number of carbonyl (C=O) groups excluding carboxylic acids is 2. The standard InChI is InChI=1S/C24H23NO5S/c1-2-31(28,29)25-13-12-19-14-20(10-11-22(19)25)23(26)16-30-24(27)15-18-8-5-7-17-6-3-4-9-21(17)18/h3-11,14H,2,12-13,15-16H2,1H3. The average Bonchev–Trinajstić information content (AvgIpc) is 3.22. The third-order valence-electron chi connectivity index (χ3n) is 5.53. The zero-order chi connectivity index (χ0) is 22.0. The molecule has 0 amide bonds. The van der Waals surface area contributed by atoms with Crippen LogP contribution in [0.15, 0.2) is 60.7 Å². The van der Waals surface area contributed by atoms with Crippen LogP contribution in [-0.2, 0) is 32.4 Å². The predicted molar refractivity (Wildman–Crippen MR) is 120 cm³/mol. The molecule has 0 aliphatic carbocycles. The summed E-state index contributed by atoms with van der Waals surface area (Å²) < 4.78 is 31.0. The maximum absolute atomic E-state index is 12.5. The van der Waals surface area contributed by atoms with Gasteiger partial charge >= 0.3 is 5.97 Å². The van der Waals surface area contributed by atoms with Gasteiger partial charge in [0.05, 0.1) is 17.9 Å². The van der Waals surface area contributed by atoms with Crippen molar-refractivity contribution in [2.24, 2.45) is 0 Å². The first-order chi connectivity index (χ1) is 14.9. The Hall–Kier alpha value is -3.19. The van der Waals surface area contributed by atoms with Gasteiger partial charge in [-0.1, -0.05) is 42.5 Å². The van der Waals surface area contributed by atoms with Crippen LogP contribution >= 0.6 is 0 Å². The third kappa shape index (κ3) is 4.32. The number of anilines is 1. The molecule has 0 N–H and O–H groups in total.